The fourth-order valence-electron chi connectivity index (χ4n) is 2.48. The van der Waals surface area contributed by atoms with Gasteiger partial charge in [-0.3, -0.25) is 10.1 Å². The van der Waals surface area contributed by atoms with Crippen LogP contribution in [0.1, 0.15) is 24.6 Å². The Morgan fingerprint density at radius 1 is 1.47 bits per heavy atom. The van der Waals surface area contributed by atoms with E-state index in [0.717, 1.165) is 24.2 Å². The van der Waals surface area contributed by atoms with Gasteiger partial charge in [0.1, 0.15) is 17.5 Å². The molecule has 2 fully saturated rings. The molecule has 1 saturated heterocycles. The summed E-state index contributed by atoms with van der Waals surface area (Å²) < 4.78 is 5.21. The Balaban J connectivity index is 1.91. The summed E-state index contributed by atoms with van der Waals surface area (Å²) in [5, 5.41) is 3.43. The van der Waals surface area contributed by atoms with Crippen LogP contribution in [0, 0.1) is 0 Å². The lowest BCUT2D eigenvalue weighted by Gasteiger charge is -2.20. The van der Waals surface area contributed by atoms with E-state index in [-0.39, 0.29) is 17.6 Å². The molecule has 1 amide bonds. The van der Waals surface area contributed by atoms with Crippen molar-refractivity contribution in [1.82, 2.24) is 10.2 Å². The van der Waals surface area contributed by atoms with Crippen molar-refractivity contribution >= 4 is 5.91 Å². The predicted molar refractivity (Wildman–Crippen MR) is 63.6 cm³/mol. The molecular formula is C13H16N2O2. The van der Waals surface area contributed by atoms with Gasteiger partial charge in [-0.25, -0.2) is 0 Å². The van der Waals surface area contributed by atoms with Gasteiger partial charge in [0.25, 0.3) is 0 Å². The lowest BCUT2D eigenvalue weighted by atomic mass is 10.1. The quantitative estimate of drug-likeness (QED) is 0.835. The Morgan fingerprint density at radius 2 is 2.24 bits per heavy atom. The van der Waals surface area contributed by atoms with E-state index >= 15 is 0 Å². The average Bonchev–Trinajstić information content (AvgIpc) is 3.10. The highest BCUT2D eigenvalue weighted by Crippen LogP contribution is 2.45. The number of carbonyl (C=O) groups excluding carboxylic acids is 1. The summed E-state index contributed by atoms with van der Waals surface area (Å²) in [5.41, 5.74) is 0.812. The van der Waals surface area contributed by atoms with Crippen molar-refractivity contribution in [3.8, 4) is 5.75 Å². The fraction of sp³-hybridized carbons (Fsp3) is 0.462. The van der Waals surface area contributed by atoms with Gasteiger partial charge >= 0.3 is 0 Å². The monoisotopic (exact) mass is 232 g/mol. The molecule has 4 nitrogen and oxygen atoms in total. The summed E-state index contributed by atoms with van der Waals surface area (Å²) in [7, 11) is 3.50. The van der Waals surface area contributed by atoms with Gasteiger partial charge in [0.05, 0.1) is 7.11 Å². The Hall–Kier alpha value is -1.55. The maximum atomic E-state index is 12.1. The highest BCUT2D eigenvalue weighted by molar-refractivity contribution is 5.91. The number of nitrogens with one attached hydrogen (secondary N) is 1. The second-order valence-corrected chi connectivity index (χ2v) is 4.82. The van der Waals surface area contributed by atoms with E-state index in [1.54, 1.807) is 12.0 Å². The Morgan fingerprint density at radius 3 is 2.82 bits per heavy atom. The SMILES string of the molecule is COc1cccc(C2NC3(CC3)C(=O)N2C)c1. The molecule has 1 aromatic rings. The van der Waals surface area contributed by atoms with Crippen LogP contribution in [0.25, 0.3) is 0 Å². The number of amides is 1. The van der Waals surface area contributed by atoms with Crippen LogP contribution in [0.4, 0.5) is 0 Å². The molecule has 1 aliphatic carbocycles. The fourth-order valence-corrected chi connectivity index (χ4v) is 2.48. The maximum Gasteiger partial charge on any atom is 0.244 e. The number of rotatable bonds is 2. The van der Waals surface area contributed by atoms with Gasteiger partial charge in [-0.05, 0) is 30.5 Å². The van der Waals surface area contributed by atoms with Gasteiger partial charge in [0.15, 0.2) is 0 Å². The summed E-state index contributed by atoms with van der Waals surface area (Å²) >= 11 is 0. The number of nitrogens with zero attached hydrogens (tertiary/aromatic N) is 1. The lowest BCUT2D eigenvalue weighted by molar-refractivity contribution is -0.129. The molecule has 1 heterocycles. The lowest BCUT2D eigenvalue weighted by Crippen LogP contribution is -2.30. The van der Waals surface area contributed by atoms with Crippen LogP contribution in [-0.2, 0) is 4.79 Å². The predicted octanol–water partition coefficient (Wildman–Crippen LogP) is 1.29. The van der Waals surface area contributed by atoms with Crippen LogP contribution in [-0.4, -0.2) is 30.5 Å². The number of hydrogen-bond donors (Lipinski definition) is 1. The molecule has 3 rings (SSSR count). The van der Waals surface area contributed by atoms with Crippen molar-refractivity contribution < 1.29 is 9.53 Å². The number of ether oxygens (including phenoxy) is 1. The van der Waals surface area contributed by atoms with Crippen LogP contribution in [0.15, 0.2) is 24.3 Å². The first kappa shape index (κ1) is 10.6. The summed E-state index contributed by atoms with van der Waals surface area (Å²) in [5.74, 6) is 1.03. The van der Waals surface area contributed by atoms with Crippen LogP contribution < -0.4 is 10.1 Å². The molecule has 1 N–H and O–H groups in total. The minimum absolute atomic E-state index is 0.0277. The van der Waals surface area contributed by atoms with Crippen molar-refractivity contribution in [1.29, 1.82) is 0 Å². The number of carbonyl (C=O) groups is 1. The normalized spacial score (nSPS) is 25.4. The first-order valence-electron chi connectivity index (χ1n) is 5.85. The molecule has 1 atom stereocenters. The molecule has 17 heavy (non-hydrogen) atoms. The Labute approximate surface area is 101 Å². The molecule has 0 bridgehead atoms. The van der Waals surface area contributed by atoms with E-state index in [4.69, 9.17) is 4.74 Å². The van der Waals surface area contributed by atoms with Gasteiger partial charge in [0.2, 0.25) is 5.91 Å². The third-order valence-electron chi connectivity index (χ3n) is 3.69. The van der Waals surface area contributed by atoms with Crippen molar-refractivity contribution in [2.24, 2.45) is 0 Å². The number of methoxy groups -OCH3 is 1. The van der Waals surface area contributed by atoms with Gasteiger partial charge < -0.3 is 9.64 Å². The summed E-state index contributed by atoms with van der Waals surface area (Å²) in [6.45, 7) is 0. The zero-order valence-electron chi connectivity index (χ0n) is 10.1. The highest BCUT2D eigenvalue weighted by atomic mass is 16.5. The standard InChI is InChI=1S/C13H16N2O2/c1-15-11(14-13(6-7-13)12(15)16)9-4-3-5-10(8-9)17-2/h3-5,8,11,14H,6-7H2,1-2H3. The summed E-state index contributed by atoms with van der Waals surface area (Å²) in [6.07, 6.45) is 1.88. The molecule has 1 aliphatic heterocycles. The van der Waals surface area contributed by atoms with Crippen LogP contribution in [0.2, 0.25) is 0 Å². The second kappa shape index (κ2) is 3.47. The van der Waals surface area contributed by atoms with Crippen molar-refractivity contribution in [2.45, 2.75) is 24.5 Å². The van der Waals surface area contributed by atoms with Crippen LogP contribution >= 0.6 is 0 Å². The third kappa shape index (κ3) is 1.52. The van der Waals surface area contributed by atoms with Crippen LogP contribution in [0.5, 0.6) is 5.75 Å². The number of benzene rings is 1. The Bertz CT molecular complexity index is 468. The van der Waals surface area contributed by atoms with Crippen LogP contribution in [0.3, 0.4) is 0 Å². The van der Waals surface area contributed by atoms with E-state index in [0.29, 0.717) is 0 Å². The second-order valence-electron chi connectivity index (χ2n) is 4.82. The van der Waals surface area contributed by atoms with E-state index in [1.807, 2.05) is 31.3 Å². The molecule has 1 spiro atoms. The minimum atomic E-state index is -0.261. The van der Waals surface area contributed by atoms with Gasteiger partial charge in [-0.1, -0.05) is 12.1 Å². The Kier molecular flexibility index (Phi) is 2.16. The maximum absolute atomic E-state index is 12.1. The van der Waals surface area contributed by atoms with Gasteiger partial charge in [-0.2, -0.15) is 0 Å². The average molecular weight is 232 g/mol. The number of hydrogen-bond acceptors (Lipinski definition) is 3. The van der Waals surface area contributed by atoms with E-state index in [9.17, 15) is 4.79 Å². The van der Waals surface area contributed by atoms with Gasteiger partial charge in [-0.15, -0.1) is 0 Å². The largest absolute Gasteiger partial charge is 0.497 e. The molecule has 4 heteroatoms. The zero-order chi connectivity index (χ0) is 12.0. The van der Waals surface area contributed by atoms with Crippen molar-refractivity contribution in [3.63, 3.8) is 0 Å². The van der Waals surface area contributed by atoms with E-state index < -0.39 is 0 Å². The molecule has 0 radical (unpaired) electrons. The highest BCUT2D eigenvalue weighted by Gasteiger charge is 2.58. The smallest absolute Gasteiger partial charge is 0.244 e. The molecule has 1 aromatic carbocycles. The van der Waals surface area contributed by atoms with E-state index in [2.05, 4.69) is 5.32 Å². The van der Waals surface area contributed by atoms with Crippen molar-refractivity contribution in [3.05, 3.63) is 29.8 Å². The van der Waals surface area contributed by atoms with Crippen molar-refractivity contribution in [2.75, 3.05) is 14.2 Å². The summed E-state index contributed by atoms with van der Waals surface area (Å²) in [4.78, 5) is 13.9. The minimum Gasteiger partial charge on any atom is -0.497 e. The van der Waals surface area contributed by atoms with Gasteiger partial charge in [0, 0.05) is 7.05 Å². The first-order valence-corrected chi connectivity index (χ1v) is 5.85. The van der Waals surface area contributed by atoms with E-state index in [1.165, 1.54) is 0 Å². The molecule has 2 aliphatic rings. The molecule has 0 aromatic heterocycles. The number of likely N-dealkylation sites (N-methyl/N-ethyl adjacent to an activating group) is 1. The molecule has 90 valence electrons. The molecular weight excluding hydrogens is 216 g/mol. The zero-order valence-corrected chi connectivity index (χ0v) is 10.1. The third-order valence-corrected chi connectivity index (χ3v) is 3.69. The first-order chi connectivity index (χ1) is 8.16. The molecule has 1 saturated carbocycles. The topological polar surface area (TPSA) is 41.6 Å². The summed E-state index contributed by atoms with van der Waals surface area (Å²) in [6, 6.07) is 7.85. The molecule has 1 unspecified atom stereocenters.